The van der Waals surface area contributed by atoms with Crippen LogP contribution in [0.1, 0.15) is 5.56 Å². The van der Waals surface area contributed by atoms with Crippen LogP contribution in [-0.2, 0) is 16.0 Å². The van der Waals surface area contributed by atoms with Crippen molar-refractivity contribution >= 4 is 16.9 Å². The standard InChI is InChI=1S/C17H18N2O2/c1-21-17(20)14-5-4-9-19(12-14)10-8-13-11-18-16-7-3-2-6-15(13)16/h2-7,9,11,18H,8,10,12H2,1H3. The maximum atomic E-state index is 11.6. The van der Waals surface area contributed by atoms with Gasteiger partial charge in [0, 0.05) is 30.2 Å². The summed E-state index contributed by atoms with van der Waals surface area (Å²) in [5, 5.41) is 1.27. The molecule has 0 unspecified atom stereocenters. The zero-order chi connectivity index (χ0) is 14.7. The number of carbonyl (C=O) groups excluding carboxylic acids is 1. The van der Waals surface area contributed by atoms with Crippen LogP contribution in [0.2, 0.25) is 0 Å². The quantitative estimate of drug-likeness (QED) is 0.877. The predicted molar refractivity (Wildman–Crippen MR) is 82.8 cm³/mol. The third kappa shape index (κ3) is 2.84. The minimum Gasteiger partial charge on any atom is -0.466 e. The van der Waals surface area contributed by atoms with E-state index in [4.69, 9.17) is 4.74 Å². The molecular formula is C17H18N2O2. The lowest BCUT2D eigenvalue weighted by Gasteiger charge is -2.23. The average molecular weight is 282 g/mol. The summed E-state index contributed by atoms with van der Waals surface area (Å²) in [6.07, 6.45) is 8.72. The number of nitrogens with one attached hydrogen (secondary N) is 1. The average Bonchev–Trinajstić information content (AvgIpc) is 2.95. The number of carbonyl (C=O) groups is 1. The lowest BCUT2D eigenvalue weighted by atomic mass is 10.1. The Morgan fingerprint density at radius 3 is 3.10 bits per heavy atom. The molecule has 3 rings (SSSR count). The molecule has 21 heavy (non-hydrogen) atoms. The normalized spacial score (nSPS) is 14.3. The lowest BCUT2D eigenvalue weighted by molar-refractivity contribution is -0.136. The van der Waals surface area contributed by atoms with Crippen LogP contribution in [0, 0.1) is 0 Å². The summed E-state index contributed by atoms with van der Waals surface area (Å²) in [5.74, 6) is -0.253. The van der Waals surface area contributed by atoms with E-state index in [0.717, 1.165) is 18.5 Å². The number of ether oxygens (including phenoxy) is 1. The van der Waals surface area contributed by atoms with Crippen LogP contribution in [0.25, 0.3) is 10.9 Å². The molecule has 0 saturated heterocycles. The largest absolute Gasteiger partial charge is 0.466 e. The Balaban J connectivity index is 1.65. The van der Waals surface area contributed by atoms with Crippen molar-refractivity contribution in [2.75, 3.05) is 20.2 Å². The number of rotatable bonds is 4. The van der Waals surface area contributed by atoms with Crippen molar-refractivity contribution < 1.29 is 9.53 Å². The van der Waals surface area contributed by atoms with E-state index in [0.29, 0.717) is 12.1 Å². The van der Waals surface area contributed by atoms with Crippen LogP contribution in [0.5, 0.6) is 0 Å². The number of fused-ring (bicyclic) bond motifs is 1. The molecule has 0 amide bonds. The molecule has 1 N–H and O–H groups in total. The van der Waals surface area contributed by atoms with Crippen LogP contribution >= 0.6 is 0 Å². The second kappa shape index (κ2) is 5.87. The van der Waals surface area contributed by atoms with E-state index in [2.05, 4.69) is 34.3 Å². The Hall–Kier alpha value is -2.49. The van der Waals surface area contributed by atoms with Crippen molar-refractivity contribution in [2.24, 2.45) is 0 Å². The summed E-state index contributed by atoms with van der Waals surface area (Å²) in [7, 11) is 1.41. The molecule has 1 aromatic carbocycles. The van der Waals surface area contributed by atoms with Gasteiger partial charge >= 0.3 is 5.97 Å². The maximum absolute atomic E-state index is 11.6. The fraction of sp³-hybridized carbons (Fsp3) is 0.235. The molecule has 1 aliphatic rings. The highest BCUT2D eigenvalue weighted by atomic mass is 16.5. The summed E-state index contributed by atoms with van der Waals surface area (Å²) in [6, 6.07) is 8.30. The Kier molecular flexibility index (Phi) is 3.77. The molecule has 108 valence electrons. The van der Waals surface area contributed by atoms with Gasteiger partial charge in [0.05, 0.1) is 12.7 Å². The zero-order valence-corrected chi connectivity index (χ0v) is 12.0. The van der Waals surface area contributed by atoms with Crippen LogP contribution < -0.4 is 0 Å². The first-order valence-corrected chi connectivity index (χ1v) is 7.02. The molecule has 0 spiro atoms. The summed E-state index contributed by atoms with van der Waals surface area (Å²) in [6.45, 7) is 1.47. The molecule has 0 saturated carbocycles. The van der Waals surface area contributed by atoms with Gasteiger partial charge in [0.1, 0.15) is 0 Å². The van der Waals surface area contributed by atoms with Crippen molar-refractivity contribution in [2.45, 2.75) is 6.42 Å². The molecule has 2 heterocycles. The van der Waals surface area contributed by atoms with E-state index in [1.54, 1.807) is 0 Å². The van der Waals surface area contributed by atoms with E-state index in [1.807, 2.05) is 24.4 Å². The highest BCUT2D eigenvalue weighted by Gasteiger charge is 2.15. The minimum absolute atomic E-state index is 0.253. The smallest absolute Gasteiger partial charge is 0.335 e. The van der Waals surface area contributed by atoms with E-state index in [9.17, 15) is 4.79 Å². The molecule has 0 fully saturated rings. The predicted octanol–water partition coefficient (Wildman–Crippen LogP) is 2.64. The topological polar surface area (TPSA) is 45.3 Å². The lowest BCUT2D eigenvalue weighted by Crippen LogP contribution is -2.27. The van der Waals surface area contributed by atoms with Crippen molar-refractivity contribution in [3.8, 4) is 0 Å². The number of methoxy groups -OCH3 is 1. The van der Waals surface area contributed by atoms with E-state index >= 15 is 0 Å². The van der Waals surface area contributed by atoms with Gasteiger partial charge in [-0.3, -0.25) is 0 Å². The van der Waals surface area contributed by atoms with Gasteiger partial charge in [-0.05, 0) is 36.4 Å². The summed E-state index contributed by atoms with van der Waals surface area (Å²) >= 11 is 0. The Bertz CT molecular complexity index is 712. The SMILES string of the molecule is COC(=O)C1=CC=CN(CCc2c[nH]c3ccccc23)C1. The molecule has 1 aliphatic heterocycles. The molecule has 0 aliphatic carbocycles. The Morgan fingerprint density at radius 1 is 1.38 bits per heavy atom. The first kappa shape index (κ1) is 13.5. The van der Waals surface area contributed by atoms with Gasteiger partial charge in [-0.1, -0.05) is 18.2 Å². The highest BCUT2D eigenvalue weighted by Crippen LogP contribution is 2.19. The number of H-pyrrole nitrogens is 1. The number of hydrogen-bond donors (Lipinski definition) is 1. The maximum Gasteiger partial charge on any atom is 0.335 e. The zero-order valence-electron chi connectivity index (χ0n) is 12.0. The molecule has 2 aromatic rings. The summed E-state index contributed by atoms with van der Waals surface area (Å²) < 4.78 is 4.77. The van der Waals surface area contributed by atoms with Crippen LogP contribution in [-0.4, -0.2) is 36.1 Å². The molecule has 4 heteroatoms. The minimum atomic E-state index is -0.253. The van der Waals surface area contributed by atoms with Gasteiger partial charge in [-0.15, -0.1) is 0 Å². The Labute approximate surface area is 123 Å². The number of hydrogen-bond acceptors (Lipinski definition) is 3. The number of aromatic nitrogens is 1. The van der Waals surface area contributed by atoms with Gasteiger partial charge < -0.3 is 14.6 Å². The summed E-state index contributed by atoms with van der Waals surface area (Å²) in [4.78, 5) is 17.0. The van der Waals surface area contributed by atoms with Crippen molar-refractivity contribution in [1.82, 2.24) is 9.88 Å². The van der Waals surface area contributed by atoms with Crippen molar-refractivity contribution in [3.05, 3.63) is 60.0 Å². The van der Waals surface area contributed by atoms with Crippen molar-refractivity contribution in [3.63, 3.8) is 0 Å². The fourth-order valence-corrected chi connectivity index (χ4v) is 2.62. The summed E-state index contributed by atoms with van der Waals surface area (Å²) in [5.41, 5.74) is 3.16. The van der Waals surface area contributed by atoms with Crippen molar-refractivity contribution in [1.29, 1.82) is 0 Å². The number of allylic oxidation sites excluding steroid dienone is 2. The third-order valence-corrected chi connectivity index (χ3v) is 3.76. The van der Waals surface area contributed by atoms with Gasteiger partial charge in [0.25, 0.3) is 0 Å². The molecule has 0 atom stereocenters. The van der Waals surface area contributed by atoms with Crippen LogP contribution in [0.15, 0.2) is 54.4 Å². The number of esters is 1. The molecular weight excluding hydrogens is 264 g/mol. The fourth-order valence-electron chi connectivity index (χ4n) is 2.62. The van der Waals surface area contributed by atoms with E-state index in [1.165, 1.54) is 18.1 Å². The van der Waals surface area contributed by atoms with E-state index < -0.39 is 0 Å². The number of para-hydroxylation sites is 1. The van der Waals surface area contributed by atoms with Crippen LogP contribution in [0.4, 0.5) is 0 Å². The Morgan fingerprint density at radius 2 is 2.24 bits per heavy atom. The van der Waals surface area contributed by atoms with Gasteiger partial charge in [0.2, 0.25) is 0 Å². The third-order valence-electron chi connectivity index (χ3n) is 3.76. The number of benzene rings is 1. The first-order valence-electron chi connectivity index (χ1n) is 7.02. The molecule has 0 radical (unpaired) electrons. The number of aromatic amines is 1. The van der Waals surface area contributed by atoms with Crippen LogP contribution in [0.3, 0.4) is 0 Å². The molecule has 4 nitrogen and oxygen atoms in total. The van der Waals surface area contributed by atoms with Gasteiger partial charge in [-0.25, -0.2) is 4.79 Å². The highest BCUT2D eigenvalue weighted by molar-refractivity contribution is 5.89. The molecule has 1 aromatic heterocycles. The van der Waals surface area contributed by atoms with Gasteiger partial charge in [0.15, 0.2) is 0 Å². The second-order valence-corrected chi connectivity index (χ2v) is 5.10. The second-order valence-electron chi connectivity index (χ2n) is 5.10. The van der Waals surface area contributed by atoms with E-state index in [-0.39, 0.29) is 5.97 Å². The van der Waals surface area contributed by atoms with Gasteiger partial charge in [-0.2, -0.15) is 0 Å². The number of nitrogens with zero attached hydrogens (tertiary/aromatic N) is 1. The monoisotopic (exact) mass is 282 g/mol. The first-order chi connectivity index (χ1) is 10.3. The molecule has 0 bridgehead atoms.